The number of nitrogens with one attached hydrogen (secondary N) is 1. The molecule has 0 aliphatic heterocycles. The Hall–Kier alpha value is -0.860. The summed E-state index contributed by atoms with van der Waals surface area (Å²) in [5, 5.41) is 2.12. The summed E-state index contributed by atoms with van der Waals surface area (Å²) in [6.07, 6.45) is 1.72. The Morgan fingerprint density at radius 3 is 2.42 bits per heavy atom. The minimum Gasteiger partial charge on any atom is -0.299 e. The fourth-order valence-corrected chi connectivity index (χ4v) is 0.830. The number of carbonyl (C=O) groups is 2. The first-order valence-corrected chi connectivity index (χ1v) is 4.31. The minimum atomic E-state index is -0.183. The van der Waals surface area contributed by atoms with E-state index in [-0.39, 0.29) is 5.91 Å². The van der Waals surface area contributed by atoms with Gasteiger partial charge in [-0.1, -0.05) is 20.8 Å². The summed E-state index contributed by atoms with van der Waals surface area (Å²) in [7, 11) is 0. The molecule has 0 aliphatic carbocycles. The number of hydrogen-bond acceptors (Lipinski definition) is 2. The van der Waals surface area contributed by atoms with Crippen LogP contribution in [0.15, 0.2) is 0 Å². The van der Waals surface area contributed by atoms with Crippen LogP contribution in [-0.4, -0.2) is 12.3 Å². The van der Waals surface area contributed by atoms with Gasteiger partial charge in [-0.2, -0.15) is 0 Å². The van der Waals surface area contributed by atoms with E-state index in [1.54, 1.807) is 0 Å². The number of amides is 2. The highest BCUT2D eigenvalue weighted by molar-refractivity contribution is 5.85. The molecule has 1 atom stereocenters. The third kappa shape index (κ3) is 4.88. The molecule has 0 fully saturated rings. The van der Waals surface area contributed by atoms with Crippen molar-refractivity contribution < 1.29 is 9.59 Å². The van der Waals surface area contributed by atoms with E-state index in [0.29, 0.717) is 24.7 Å². The molecule has 70 valence electrons. The Bertz CT molecular complexity index is 155. The zero-order chi connectivity index (χ0) is 9.56. The zero-order valence-electron chi connectivity index (χ0n) is 7.96. The van der Waals surface area contributed by atoms with Crippen molar-refractivity contribution in [3.05, 3.63) is 0 Å². The predicted molar refractivity (Wildman–Crippen MR) is 47.4 cm³/mol. The largest absolute Gasteiger partial charge is 0.299 e. The smallest absolute Gasteiger partial charge is 0.226 e. The maximum Gasteiger partial charge on any atom is 0.226 e. The molecular weight excluding hydrogens is 154 g/mol. The van der Waals surface area contributed by atoms with Crippen molar-refractivity contribution >= 4 is 12.3 Å². The topological polar surface area (TPSA) is 46.2 Å². The number of hydrogen-bond donors (Lipinski definition) is 1. The first kappa shape index (κ1) is 11.1. The van der Waals surface area contributed by atoms with E-state index in [1.165, 1.54) is 0 Å². The Balaban J connectivity index is 3.53. The molecule has 2 amide bonds. The monoisotopic (exact) mass is 171 g/mol. The molecule has 0 rings (SSSR count). The normalized spacial score (nSPS) is 12.7. The lowest BCUT2D eigenvalue weighted by atomic mass is 9.93. The molecular formula is C9H17NO2. The van der Waals surface area contributed by atoms with E-state index in [4.69, 9.17) is 0 Å². The number of carbonyl (C=O) groups excluding carboxylic acids is 2. The maximum atomic E-state index is 10.8. The highest BCUT2D eigenvalue weighted by atomic mass is 16.2. The van der Waals surface area contributed by atoms with E-state index >= 15 is 0 Å². The average molecular weight is 171 g/mol. The third-order valence-corrected chi connectivity index (χ3v) is 2.18. The predicted octanol–water partition coefficient (Wildman–Crippen LogP) is 1.33. The molecule has 0 aromatic carbocycles. The van der Waals surface area contributed by atoms with E-state index in [9.17, 15) is 9.59 Å². The zero-order valence-corrected chi connectivity index (χ0v) is 7.96. The highest BCUT2D eigenvalue weighted by Gasteiger charge is 2.09. The van der Waals surface area contributed by atoms with Crippen molar-refractivity contribution in [2.45, 2.75) is 33.6 Å². The standard InChI is InChI=1S/C9H17NO2/c1-7(2)8(3)4-5-9(12)10-6-11/h6-8H,4-5H2,1-3H3,(H,10,11,12). The summed E-state index contributed by atoms with van der Waals surface area (Å²) in [4.78, 5) is 20.7. The molecule has 1 unspecified atom stereocenters. The second-order valence-electron chi connectivity index (χ2n) is 3.45. The van der Waals surface area contributed by atoms with Gasteiger partial charge in [-0.15, -0.1) is 0 Å². The van der Waals surface area contributed by atoms with Gasteiger partial charge < -0.3 is 0 Å². The highest BCUT2D eigenvalue weighted by Crippen LogP contribution is 2.15. The Labute approximate surface area is 73.5 Å². The fraction of sp³-hybridized carbons (Fsp3) is 0.778. The molecule has 3 heteroatoms. The molecule has 12 heavy (non-hydrogen) atoms. The number of imide groups is 1. The van der Waals surface area contributed by atoms with Crippen LogP contribution >= 0.6 is 0 Å². The van der Waals surface area contributed by atoms with E-state index < -0.39 is 0 Å². The molecule has 0 spiro atoms. The summed E-state index contributed by atoms with van der Waals surface area (Å²) in [6, 6.07) is 0. The van der Waals surface area contributed by atoms with Gasteiger partial charge in [-0.3, -0.25) is 14.9 Å². The summed E-state index contributed by atoms with van der Waals surface area (Å²) in [5.41, 5.74) is 0. The van der Waals surface area contributed by atoms with Gasteiger partial charge in [0.2, 0.25) is 12.3 Å². The quantitative estimate of drug-likeness (QED) is 0.634. The first-order chi connectivity index (χ1) is 5.57. The minimum absolute atomic E-state index is 0.183. The Kier molecular flexibility index (Phi) is 5.34. The van der Waals surface area contributed by atoms with Crippen LogP contribution in [0.1, 0.15) is 33.6 Å². The molecule has 3 nitrogen and oxygen atoms in total. The van der Waals surface area contributed by atoms with Gasteiger partial charge in [0.15, 0.2) is 0 Å². The number of rotatable bonds is 5. The summed E-state index contributed by atoms with van der Waals surface area (Å²) >= 11 is 0. The van der Waals surface area contributed by atoms with Crippen LogP contribution < -0.4 is 5.32 Å². The second kappa shape index (κ2) is 5.75. The first-order valence-electron chi connectivity index (χ1n) is 4.31. The van der Waals surface area contributed by atoms with Gasteiger partial charge in [0.25, 0.3) is 0 Å². The average Bonchev–Trinajstić information content (AvgIpc) is 2.00. The lowest BCUT2D eigenvalue weighted by Gasteiger charge is -2.13. The summed E-state index contributed by atoms with van der Waals surface area (Å²) in [5.74, 6) is 0.939. The summed E-state index contributed by atoms with van der Waals surface area (Å²) < 4.78 is 0. The SMILES string of the molecule is CC(C)C(C)CCC(=O)NC=O. The van der Waals surface area contributed by atoms with Gasteiger partial charge in [0.05, 0.1) is 0 Å². The molecule has 0 heterocycles. The van der Waals surface area contributed by atoms with Gasteiger partial charge >= 0.3 is 0 Å². The van der Waals surface area contributed by atoms with Crippen molar-refractivity contribution in [2.75, 3.05) is 0 Å². The summed E-state index contributed by atoms with van der Waals surface area (Å²) in [6.45, 7) is 6.36. The van der Waals surface area contributed by atoms with Gasteiger partial charge in [0.1, 0.15) is 0 Å². The van der Waals surface area contributed by atoms with Crippen molar-refractivity contribution in [2.24, 2.45) is 11.8 Å². The maximum absolute atomic E-state index is 10.8. The van der Waals surface area contributed by atoms with E-state index in [1.807, 2.05) is 0 Å². The van der Waals surface area contributed by atoms with Gasteiger partial charge in [-0.25, -0.2) is 0 Å². The van der Waals surface area contributed by atoms with E-state index in [2.05, 4.69) is 26.1 Å². The lowest BCUT2D eigenvalue weighted by Crippen LogP contribution is -2.21. The van der Waals surface area contributed by atoms with Crippen LogP contribution in [0.3, 0.4) is 0 Å². The van der Waals surface area contributed by atoms with Gasteiger partial charge in [-0.05, 0) is 18.3 Å². The molecule has 0 bridgehead atoms. The van der Waals surface area contributed by atoms with Crippen LogP contribution in [-0.2, 0) is 9.59 Å². The molecule has 0 aromatic rings. The van der Waals surface area contributed by atoms with Crippen molar-refractivity contribution in [1.82, 2.24) is 5.32 Å². The third-order valence-electron chi connectivity index (χ3n) is 2.18. The van der Waals surface area contributed by atoms with Crippen LogP contribution in [0.2, 0.25) is 0 Å². The van der Waals surface area contributed by atoms with E-state index in [0.717, 1.165) is 6.42 Å². The van der Waals surface area contributed by atoms with Crippen LogP contribution in [0.4, 0.5) is 0 Å². The molecule has 0 aromatic heterocycles. The Morgan fingerprint density at radius 2 is 2.00 bits per heavy atom. The fourth-order valence-electron chi connectivity index (χ4n) is 0.830. The Morgan fingerprint density at radius 1 is 1.42 bits per heavy atom. The van der Waals surface area contributed by atoms with Crippen molar-refractivity contribution in [3.8, 4) is 0 Å². The second-order valence-corrected chi connectivity index (χ2v) is 3.45. The van der Waals surface area contributed by atoms with Crippen LogP contribution in [0.25, 0.3) is 0 Å². The molecule has 0 saturated heterocycles. The van der Waals surface area contributed by atoms with Crippen LogP contribution in [0.5, 0.6) is 0 Å². The van der Waals surface area contributed by atoms with Crippen molar-refractivity contribution in [1.29, 1.82) is 0 Å². The van der Waals surface area contributed by atoms with Gasteiger partial charge in [0, 0.05) is 6.42 Å². The lowest BCUT2D eigenvalue weighted by molar-refractivity contribution is -0.125. The molecule has 1 N–H and O–H groups in total. The van der Waals surface area contributed by atoms with Crippen LogP contribution in [0, 0.1) is 11.8 Å². The van der Waals surface area contributed by atoms with Crippen molar-refractivity contribution in [3.63, 3.8) is 0 Å². The molecule has 0 radical (unpaired) electrons. The molecule has 0 aliphatic rings. The molecule has 0 saturated carbocycles.